The van der Waals surface area contributed by atoms with Crippen molar-refractivity contribution in [3.63, 3.8) is 0 Å². The zero-order valence-electron chi connectivity index (χ0n) is 14.8. The second kappa shape index (κ2) is 8.26. The summed E-state index contributed by atoms with van der Waals surface area (Å²) in [6.45, 7) is 0.444. The van der Waals surface area contributed by atoms with E-state index in [0.717, 1.165) is 29.2 Å². The van der Waals surface area contributed by atoms with Gasteiger partial charge in [0.05, 0.1) is 11.1 Å². The van der Waals surface area contributed by atoms with E-state index in [-0.39, 0.29) is 22.7 Å². The molecule has 0 unspecified atom stereocenters. The van der Waals surface area contributed by atoms with Gasteiger partial charge in [0.15, 0.2) is 5.96 Å². The lowest BCUT2D eigenvalue weighted by molar-refractivity contribution is -0.136. The van der Waals surface area contributed by atoms with E-state index in [9.17, 15) is 14.0 Å². The van der Waals surface area contributed by atoms with E-state index < -0.39 is 17.6 Å². The van der Waals surface area contributed by atoms with Crippen molar-refractivity contribution in [3.05, 3.63) is 63.9 Å². The molecule has 0 heterocycles. The molecule has 0 aromatic heterocycles. The van der Waals surface area contributed by atoms with E-state index >= 15 is 0 Å². The molecule has 0 aliphatic heterocycles. The Kier molecular flexibility index (Phi) is 5.79. The number of rotatable bonds is 4. The van der Waals surface area contributed by atoms with Crippen LogP contribution in [0.4, 0.5) is 10.1 Å². The monoisotopic (exact) mass is 403 g/mol. The van der Waals surface area contributed by atoms with Crippen LogP contribution < -0.4 is 21.7 Å². The predicted molar refractivity (Wildman–Crippen MR) is 104 cm³/mol. The van der Waals surface area contributed by atoms with Crippen LogP contribution in [-0.2, 0) is 22.6 Å². The number of aryl methyl sites for hydroxylation is 1. The molecule has 2 amide bonds. The van der Waals surface area contributed by atoms with Crippen LogP contribution >= 0.6 is 11.6 Å². The average molecular weight is 404 g/mol. The number of fused-ring (bicyclic) bond motifs is 1. The first-order valence-corrected chi connectivity index (χ1v) is 8.98. The fourth-order valence-electron chi connectivity index (χ4n) is 3.11. The van der Waals surface area contributed by atoms with E-state index in [4.69, 9.17) is 22.7 Å². The summed E-state index contributed by atoms with van der Waals surface area (Å²) in [6.07, 6.45) is 1.44. The fourth-order valence-corrected chi connectivity index (χ4v) is 3.23. The zero-order valence-corrected chi connectivity index (χ0v) is 15.6. The molecule has 1 aliphatic carbocycles. The molecule has 0 spiro atoms. The Morgan fingerprint density at radius 2 is 2.00 bits per heavy atom. The SMILES string of the molecule is N=C(N)NCc1ccc2c(c1)CC[C@H]2NC(=O)C(=O)Nc1ccc(Cl)c(F)c1. The highest BCUT2D eigenvalue weighted by molar-refractivity contribution is 6.39. The highest BCUT2D eigenvalue weighted by atomic mass is 35.5. The molecular formula is C19H19ClFN5O2. The molecular weight excluding hydrogens is 385 g/mol. The molecule has 28 heavy (non-hydrogen) atoms. The van der Waals surface area contributed by atoms with Crippen molar-refractivity contribution in [2.24, 2.45) is 5.73 Å². The van der Waals surface area contributed by atoms with Gasteiger partial charge < -0.3 is 21.7 Å². The Labute approximate surface area is 166 Å². The maximum Gasteiger partial charge on any atom is 0.313 e. The van der Waals surface area contributed by atoms with Gasteiger partial charge in [0.2, 0.25) is 0 Å². The lowest BCUT2D eigenvalue weighted by Crippen LogP contribution is -2.37. The summed E-state index contributed by atoms with van der Waals surface area (Å²) >= 11 is 5.60. The first-order valence-electron chi connectivity index (χ1n) is 8.60. The molecule has 146 valence electrons. The second-order valence-corrected chi connectivity index (χ2v) is 6.86. The van der Waals surface area contributed by atoms with Crippen molar-refractivity contribution in [2.45, 2.75) is 25.4 Å². The maximum absolute atomic E-state index is 13.4. The van der Waals surface area contributed by atoms with Gasteiger partial charge in [-0.2, -0.15) is 0 Å². The van der Waals surface area contributed by atoms with Crippen LogP contribution in [0.25, 0.3) is 0 Å². The number of hydrogen-bond donors (Lipinski definition) is 5. The third kappa shape index (κ3) is 4.58. The highest BCUT2D eigenvalue weighted by Gasteiger charge is 2.26. The molecule has 7 nitrogen and oxygen atoms in total. The summed E-state index contributed by atoms with van der Waals surface area (Å²) in [5, 5.41) is 14.9. The van der Waals surface area contributed by atoms with Crippen LogP contribution in [-0.4, -0.2) is 17.8 Å². The van der Waals surface area contributed by atoms with E-state index in [2.05, 4.69) is 16.0 Å². The van der Waals surface area contributed by atoms with E-state index in [1.165, 1.54) is 12.1 Å². The summed E-state index contributed by atoms with van der Waals surface area (Å²) < 4.78 is 13.4. The van der Waals surface area contributed by atoms with Crippen LogP contribution in [0.5, 0.6) is 0 Å². The highest BCUT2D eigenvalue weighted by Crippen LogP contribution is 2.31. The van der Waals surface area contributed by atoms with E-state index in [1.807, 2.05) is 18.2 Å². The van der Waals surface area contributed by atoms with Crippen LogP contribution in [0.15, 0.2) is 36.4 Å². The van der Waals surface area contributed by atoms with Crippen LogP contribution in [0.2, 0.25) is 5.02 Å². The number of nitrogens with one attached hydrogen (secondary N) is 4. The third-order valence-electron chi connectivity index (χ3n) is 4.46. The molecule has 0 bridgehead atoms. The number of carbonyl (C=O) groups excluding carboxylic acids is 2. The van der Waals surface area contributed by atoms with Gasteiger partial charge in [-0.25, -0.2) is 4.39 Å². The minimum absolute atomic E-state index is 0.0668. The lowest BCUT2D eigenvalue weighted by Gasteiger charge is -2.15. The molecule has 2 aromatic rings. The van der Waals surface area contributed by atoms with Gasteiger partial charge in [-0.3, -0.25) is 15.0 Å². The van der Waals surface area contributed by atoms with Crippen molar-refractivity contribution in [3.8, 4) is 0 Å². The Hall–Kier alpha value is -3.13. The summed E-state index contributed by atoms with van der Waals surface area (Å²) in [7, 11) is 0. The summed E-state index contributed by atoms with van der Waals surface area (Å²) in [6, 6.07) is 9.27. The van der Waals surface area contributed by atoms with E-state index in [0.29, 0.717) is 13.0 Å². The Morgan fingerprint density at radius 1 is 1.21 bits per heavy atom. The van der Waals surface area contributed by atoms with Crippen molar-refractivity contribution in [1.82, 2.24) is 10.6 Å². The van der Waals surface area contributed by atoms with Crippen molar-refractivity contribution in [1.29, 1.82) is 5.41 Å². The number of amides is 2. The number of benzene rings is 2. The number of carbonyl (C=O) groups is 2. The normalized spacial score (nSPS) is 14.9. The maximum atomic E-state index is 13.4. The molecule has 1 atom stereocenters. The van der Waals surface area contributed by atoms with E-state index in [1.54, 1.807) is 0 Å². The zero-order chi connectivity index (χ0) is 20.3. The van der Waals surface area contributed by atoms with Crippen LogP contribution in [0, 0.1) is 11.2 Å². The number of halogens is 2. The first-order chi connectivity index (χ1) is 13.3. The second-order valence-electron chi connectivity index (χ2n) is 6.45. The predicted octanol–water partition coefficient (Wildman–Crippen LogP) is 2.20. The van der Waals surface area contributed by atoms with Gasteiger partial charge in [-0.05, 0) is 47.7 Å². The van der Waals surface area contributed by atoms with Crippen LogP contribution in [0.1, 0.15) is 29.2 Å². The first kappa shape index (κ1) is 19.6. The van der Waals surface area contributed by atoms with Gasteiger partial charge in [-0.1, -0.05) is 29.8 Å². The fraction of sp³-hybridized carbons (Fsp3) is 0.211. The summed E-state index contributed by atoms with van der Waals surface area (Å²) in [5.41, 5.74) is 8.44. The molecule has 2 aromatic carbocycles. The molecule has 6 N–H and O–H groups in total. The Bertz CT molecular complexity index is 950. The van der Waals surface area contributed by atoms with Gasteiger partial charge in [0, 0.05) is 12.2 Å². The van der Waals surface area contributed by atoms with Crippen molar-refractivity contribution < 1.29 is 14.0 Å². The topological polar surface area (TPSA) is 120 Å². The molecule has 3 rings (SSSR count). The molecule has 0 saturated carbocycles. The standard InChI is InChI=1S/C19H19ClFN5O2/c20-14-5-3-12(8-15(14)21)25-17(27)18(28)26-16-6-2-11-7-10(1-4-13(11)16)9-24-19(22)23/h1,3-5,7-8,16H,2,6,9H2,(H,25,27)(H,26,28)(H4,22,23,24)/t16-/m1/s1. The number of hydrogen-bond acceptors (Lipinski definition) is 3. The van der Waals surface area contributed by atoms with Gasteiger partial charge in [-0.15, -0.1) is 0 Å². The molecule has 0 fully saturated rings. The number of nitrogens with two attached hydrogens (primary N) is 1. The Balaban J connectivity index is 1.61. The number of anilines is 1. The minimum atomic E-state index is -0.877. The molecule has 0 saturated heterocycles. The average Bonchev–Trinajstić information content (AvgIpc) is 3.05. The number of guanidine groups is 1. The van der Waals surface area contributed by atoms with Gasteiger partial charge in [0.25, 0.3) is 0 Å². The third-order valence-corrected chi connectivity index (χ3v) is 4.76. The largest absolute Gasteiger partial charge is 0.370 e. The quantitative estimate of drug-likeness (QED) is 0.305. The minimum Gasteiger partial charge on any atom is -0.370 e. The molecule has 0 radical (unpaired) electrons. The summed E-state index contributed by atoms with van der Waals surface area (Å²) in [5.74, 6) is -2.45. The summed E-state index contributed by atoms with van der Waals surface area (Å²) in [4.78, 5) is 24.3. The van der Waals surface area contributed by atoms with Crippen molar-refractivity contribution >= 4 is 35.1 Å². The van der Waals surface area contributed by atoms with Gasteiger partial charge in [0.1, 0.15) is 5.82 Å². The smallest absolute Gasteiger partial charge is 0.313 e. The van der Waals surface area contributed by atoms with Crippen molar-refractivity contribution in [2.75, 3.05) is 5.32 Å². The van der Waals surface area contributed by atoms with Crippen LogP contribution in [0.3, 0.4) is 0 Å². The van der Waals surface area contributed by atoms with Gasteiger partial charge >= 0.3 is 11.8 Å². The Morgan fingerprint density at radius 3 is 2.71 bits per heavy atom. The lowest BCUT2D eigenvalue weighted by atomic mass is 10.0. The molecule has 9 heteroatoms. The molecule has 1 aliphatic rings.